The Morgan fingerprint density at radius 1 is 1.23 bits per heavy atom. The predicted molar refractivity (Wildman–Crippen MR) is 84.2 cm³/mol. The first-order valence-corrected chi connectivity index (χ1v) is 7.20. The van der Waals surface area contributed by atoms with Gasteiger partial charge in [0.25, 0.3) is 5.91 Å². The zero-order valence-corrected chi connectivity index (χ0v) is 13.1. The molecule has 0 bridgehead atoms. The van der Waals surface area contributed by atoms with Gasteiger partial charge in [0.1, 0.15) is 11.6 Å². The summed E-state index contributed by atoms with van der Waals surface area (Å²) in [7, 11) is 3.09. The summed E-state index contributed by atoms with van der Waals surface area (Å²) in [5, 5.41) is 0.459. The maximum absolute atomic E-state index is 12.8. The Hall–Kier alpha value is -2.27. The molecule has 3 rings (SSSR count). The third-order valence-electron chi connectivity index (χ3n) is 3.60. The van der Waals surface area contributed by atoms with E-state index in [9.17, 15) is 4.79 Å². The lowest BCUT2D eigenvalue weighted by molar-refractivity contribution is 0.0988. The molecule has 0 aliphatic carbocycles. The molecule has 0 saturated heterocycles. The number of amides is 1. The molecule has 0 unspecified atom stereocenters. The first kappa shape index (κ1) is 14.7. The SMILES string of the molecule is COc1cc(Cl)cc(C(=O)N2CCc3ccc(OC)nc32)c1. The van der Waals surface area contributed by atoms with E-state index in [1.165, 1.54) is 7.11 Å². The van der Waals surface area contributed by atoms with E-state index in [4.69, 9.17) is 21.1 Å². The molecule has 1 aromatic heterocycles. The van der Waals surface area contributed by atoms with E-state index < -0.39 is 0 Å². The van der Waals surface area contributed by atoms with Gasteiger partial charge in [-0.2, -0.15) is 4.98 Å². The van der Waals surface area contributed by atoms with Crippen LogP contribution in [0.1, 0.15) is 15.9 Å². The van der Waals surface area contributed by atoms with Gasteiger partial charge in [-0.3, -0.25) is 9.69 Å². The Labute approximate surface area is 133 Å². The average Bonchev–Trinajstić information content (AvgIpc) is 2.96. The highest BCUT2D eigenvalue weighted by Crippen LogP contribution is 2.30. The molecule has 2 aromatic rings. The number of halogens is 1. The van der Waals surface area contributed by atoms with Crippen LogP contribution in [-0.2, 0) is 6.42 Å². The van der Waals surface area contributed by atoms with Crippen LogP contribution < -0.4 is 14.4 Å². The summed E-state index contributed by atoms with van der Waals surface area (Å²) in [6.07, 6.45) is 0.774. The predicted octanol–water partition coefficient (Wildman–Crippen LogP) is 2.96. The second-order valence-electron chi connectivity index (χ2n) is 4.92. The van der Waals surface area contributed by atoms with E-state index in [2.05, 4.69) is 4.98 Å². The third-order valence-corrected chi connectivity index (χ3v) is 3.82. The van der Waals surface area contributed by atoms with Crippen LogP contribution in [0.3, 0.4) is 0 Å². The maximum atomic E-state index is 12.8. The number of ether oxygens (including phenoxy) is 2. The molecule has 0 N–H and O–H groups in total. The number of carbonyl (C=O) groups is 1. The van der Waals surface area contributed by atoms with Crippen molar-refractivity contribution < 1.29 is 14.3 Å². The third kappa shape index (κ3) is 2.60. The van der Waals surface area contributed by atoms with Gasteiger partial charge in [0, 0.05) is 23.2 Å². The summed E-state index contributed by atoms with van der Waals surface area (Å²) in [6, 6.07) is 8.71. The van der Waals surface area contributed by atoms with Crippen LogP contribution in [-0.4, -0.2) is 31.7 Å². The molecule has 5 nitrogen and oxygen atoms in total. The van der Waals surface area contributed by atoms with E-state index >= 15 is 0 Å². The van der Waals surface area contributed by atoms with Crippen molar-refractivity contribution in [3.63, 3.8) is 0 Å². The Morgan fingerprint density at radius 2 is 2.05 bits per heavy atom. The molecule has 1 aliphatic heterocycles. The monoisotopic (exact) mass is 318 g/mol. The van der Waals surface area contributed by atoms with Gasteiger partial charge < -0.3 is 9.47 Å². The second-order valence-corrected chi connectivity index (χ2v) is 5.36. The Bertz CT molecular complexity index is 733. The summed E-state index contributed by atoms with van der Waals surface area (Å²) >= 11 is 6.04. The summed E-state index contributed by atoms with van der Waals surface area (Å²) in [5.74, 6) is 1.53. The number of benzene rings is 1. The normalized spacial score (nSPS) is 13.0. The van der Waals surface area contributed by atoms with Crippen molar-refractivity contribution in [3.8, 4) is 11.6 Å². The molecule has 0 fully saturated rings. The van der Waals surface area contributed by atoms with Crippen molar-refractivity contribution in [1.29, 1.82) is 0 Å². The number of carbonyl (C=O) groups excluding carboxylic acids is 1. The Kier molecular flexibility index (Phi) is 3.90. The molecule has 1 amide bonds. The number of hydrogen-bond acceptors (Lipinski definition) is 4. The number of rotatable bonds is 3. The maximum Gasteiger partial charge on any atom is 0.259 e. The van der Waals surface area contributed by atoms with E-state index in [-0.39, 0.29) is 5.91 Å². The number of methoxy groups -OCH3 is 2. The fourth-order valence-corrected chi connectivity index (χ4v) is 2.72. The number of anilines is 1. The number of aromatic nitrogens is 1. The quantitative estimate of drug-likeness (QED) is 0.873. The fraction of sp³-hybridized carbons (Fsp3) is 0.250. The summed E-state index contributed by atoms with van der Waals surface area (Å²) in [5.41, 5.74) is 1.50. The largest absolute Gasteiger partial charge is 0.497 e. The van der Waals surface area contributed by atoms with E-state index in [1.807, 2.05) is 6.07 Å². The lowest BCUT2D eigenvalue weighted by atomic mass is 10.2. The lowest BCUT2D eigenvalue weighted by Gasteiger charge is -2.17. The molecule has 0 radical (unpaired) electrons. The molecule has 2 heterocycles. The van der Waals surface area contributed by atoms with E-state index in [0.29, 0.717) is 34.6 Å². The molecule has 22 heavy (non-hydrogen) atoms. The zero-order chi connectivity index (χ0) is 15.7. The van der Waals surface area contributed by atoms with Crippen LogP contribution in [0.4, 0.5) is 5.82 Å². The molecular weight excluding hydrogens is 304 g/mol. The molecule has 0 atom stereocenters. The van der Waals surface area contributed by atoms with Gasteiger partial charge in [-0.1, -0.05) is 11.6 Å². The first-order valence-electron chi connectivity index (χ1n) is 6.82. The second kappa shape index (κ2) is 5.85. The van der Waals surface area contributed by atoms with Crippen molar-refractivity contribution in [2.75, 3.05) is 25.7 Å². The summed E-state index contributed by atoms with van der Waals surface area (Å²) in [6.45, 7) is 0.586. The van der Waals surface area contributed by atoms with E-state index in [1.54, 1.807) is 36.3 Å². The van der Waals surface area contributed by atoms with E-state index in [0.717, 1.165) is 12.0 Å². The van der Waals surface area contributed by atoms with Crippen LogP contribution in [0.2, 0.25) is 5.02 Å². The van der Waals surface area contributed by atoms with Gasteiger partial charge >= 0.3 is 0 Å². The molecule has 0 spiro atoms. The Morgan fingerprint density at radius 3 is 2.77 bits per heavy atom. The van der Waals surface area contributed by atoms with Crippen LogP contribution in [0.15, 0.2) is 30.3 Å². The number of hydrogen-bond donors (Lipinski definition) is 0. The minimum absolute atomic E-state index is 0.152. The van der Waals surface area contributed by atoms with Gasteiger partial charge in [0.05, 0.1) is 14.2 Å². The molecule has 6 heteroatoms. The first-order chi connectivity index (χ1) is 10.6. The van der Waals surface area contributed by atoms with Gasteiger partial charge in [-0.15, -0.1) is 0 Å². The number of fused-ring (bicyclic) bond motifs is 1. The Balaban J connectivity index is 1.97. The van der Waals surface area contributed by atoms with Gasteiger partial charge in [-0.25, -0.2) is 0 Å². The lowest BCUT2D eigenvalue weighted by Crippen LogP contribution is -2.29. The smallest absolute Gasteiger partial charge is 0.259 e. The van der Waals surface area contributed by atoms with Gasteiger partial charge in [-0.05, 0) is 36.2 Å². The molecule has 1 aromatic carbocycles. The highest BCUT2D eigenvalue weighted by atomic mass is 35.5. The van der Waals surface area contributed by atoms with Crippen molar-refractivity contribution in [2.45, 2.75) is 6.42 Å². The molecule has 114 valence electrons. The molecule has 0 saturated carbocycles. The number of pyridine rings is 1. The highest BCUT2D eigenvalue weighted by molar-refractivity contribution is 6.31. The van der Waals surface area contributed by atoms with Crippen molar-refractivity contribution in [3.05, 3.63) is 46.5 Å². The zero-order valence-electron chi connectivity index (χ0n) is 12.3. The minimum Gasteiger partial charge on any atom is -0.497 e. The van der Waals surface area contributed by atoms with Crippen molar-refractivity contribution in [2.24, 2.45) is 0 Å². The fourth-order valence-electron chi connectivity index (χ4n) is 2.50. The summed E-state index contributed by atoms with van der Waals surface area (Å²) in [4.78, 5) is 18.8. The topological polar surface area (TPSA) is 51.7 Å². The highest BCUT2D eigenvalue weighted by Gasteiger charge is 2.28. The average molecular weight is 319 g/mol. The van der Waals surface area contributed by atoms with Crippen molar-refractivity contribution >= 4 is 23.3 Å². The van der Waals surface area contributed by atoms with Gasteiger partial charge in [0.2, 0.25) is 5.88 Å². The van der Waals surface area contributed by atoms with Crippen LogP contribution >= 0.6 is 11.6 Å². The summed E-state index contributed by atoms with van der Waals surface area (Å²) < 4.78 is 10.3. The van der Waals surface area contributed by atoms with Crippen LogP contribution in [0.5, 0.6) is 11.6 Å². The van der Waals surface area contributed by atoms with Gasteiger partial charge in [0.15, 0.2) is 0 Å². The van der Waals surface area contributed by atoms with Crippen LogP contribution in [0.25, 0.3) is 0 Å². The standard InChI is InChI=1S/C16H15ClN2O3/c1-21-13-8-11(7-12(17)9-13)16(20)19-6-5-10-3-4-14(22-2)18-15(10)19/h3-4,7-9H,5-6H2,1-2H3. The minimum atomic E-state index is -0.152. The van der Waals surface area contributed by atoms with Crippen LogP contribution in [0, 0.1) is 0 Å². The molecular formula is C16H15ClN2O3. The number of nitrogens with zero attached hydrogens (tertiary/aromatic N) is 2. The van der Waals surface area contributed by atoms with Crippen molar-refractivity contribution in [1.82, 2.24) is 4.98 Å². The molecule has 1 aliphatic rings.